The predicted molar refractivity (Wildman–Crippen MR) is 76.0 cm³/mol. The second-order valence-corrected chi connectivity index (χ2v) is 5.66. The molecule has 2 unspecified atom stereocenters. The monoisotopic (exact) mass is 331 g/mol. The number of hydrogen-bond acceptors (Lipinski definition) is 3. The van der Waals surface area contributed by atoms with Crippen LogP contribution in [0.5, 0.6) is 5.75 Å². The number of benzene rings is 1. The minimum absolute atomic E-state index is 0.301. The average molecular weight is 332 g/mol. The van der Waals surface area contributed by atoms with Crippen LogP contribution in [0.2, 0.25) is 0 Å². The molecule has 1 aromatic rings. The van der Waals surface area contributed by atoms with Crippen LogP contribution in [0.15, 0.2) is 22.7 Å². The van der Waals surface area contributed by atoms with E-state index in [0.717, 1.165) is 26.0 Å². The van der Waals surface area contributed by atoms with Gasteiger partial charge in [0.05, 0.1) is 6.10 Å². The summed E-state index contributed by atoms with van der Waals surface area (Å²) in [6.07, 6.45) is 2.57. The summed E-state index contributed by atoms with van der Waals surface area (Å²) in [6, 6.07) is 4.87. The van der Waals surface area contributed by atoms with Gasteiger partial charge in [-0.3, -0.25) is 0 Å². The third-order valence-electron chi connectivity index (χ3n) is 3.20. The Hall–Kier alpha value is -0.650. The highest BCUT2D eigenvalue weighted by molar-refractivity contribution is 9.10. The van der Waals surface area contributed by atoms with E-state index in [2.05, 4.69) is 28.2 Å². The molecule has 1 N–H and O–H groups in total. The number of ether oxygens (including phenoxy) is 2. The van der Waals surface area contributed by atoms with E-state index in [0.29, 0.717) is 29.0 Å². The van der Waals surface area contributed by atoms with E-state index < -0.39 is 0 Å². The first-order valence-corrected chi connectivity index (χ1v) is 7.38. The van der Waals surface area contributed by atoms with Crippen LogP contribution in [-0.4, -0.2) is 31.9 Å². The van der Waals surface area contributed by atoms with Gasteiger partial charge in [-0.05, 0) is 31.9 Å². The van der Waals surface area contributed by atoms with Crippen molar-refractivity contribution in [3.63, 3.8) is 0 Å². The summed E-state index contributed by atoms with van der Waals surface area (Å²) in [5, 5.41) is 3.37. The second kappa shape index (κ2) is 7.22. The van der Waals surface area contributed by atoms with Crippen LogP contribution in [0, 0.1) is 5.82 Å². The Morgan fingerprint density at radius 3 is 3.05 bits per heavy atom. The van der Waals surface area contributed by atoms with E-state index in [9.17, 15) is 4.39 Å². The van der Waals surface area contributed by atoms with Crippen LogP contribution < -0.4 is 10.1 Å². The molecule has 0 saturated carbocycles. The molecule has 2 atom stereocenters. The highest BCUT2D eigenvalue weighted by Crippen LogP contribution is 2.20. The van der Waals surface area contributed by atoms with Crippen molar-refractivity contribution in [3.8, 4) is 5.75 Å². The van der Waals surface area contributed by atoms with Crippen molar-refractivity contribution in [1.82, 2.24) is 5.32 Å². The largest absolute Gasteiger partial charge is 0.492 e. The Labute approximate surface area is 121 Å². The van der Waals surface area contributed by atoms with E-state index in [1.807, 2.05) is 0 Å². The molecule has 19 heavy (non-hydrogen) atoms. The smallest absolute Gasteiger partial charge is 0.128 e. The van der Waals surface area contributed by atoms with Gasteiger partial charge < -0.3 is 14.8 Å². The van der Waals surface area contributed by atoms with Crippen molar-refractivity contribution in [2.45, 2.75) is 31.9 Å². The minimum Gasteiger partial charge on any atom is -0.492 e. The van der Waals surface area contributed by atoms with E-state index in [1.54, 1.807) is 6.07 Å². The number of halogens is 2. The third kappa shape index (κ3) is 4.75. The van der Waals surface area contributed by atoms with Crippen molar-refractivity contribution in [3.05, 3.63) is 28.5 Å². The van der Waals surface area contributed by atoms with Crippen LogP contribution in [0.25, 0.3) is 0 Å². The third-order valence-corrected chi connectivity index (χ3v) is 3.65. The highest BCUT2D eigenvalue weighted by atomic mass is 79.9. The fourth-order valence-corrected chi connectivity index (χ4v) is 2.64. The fraction of sp³-hybridized carbons (Fsp3) is 0.571. The molecule has 0 spiro atoms. The summed E-state index contributed by atoms with van der Waals surface area (Å²) < 4.78 is 24.9. The molecule has 5 heteroatoms. The molecule has 1 aliphatic heterocycles. The lowest BCUT2D eigenvalue weighted by Crippen LogP contribution is -2.39. The molecule has 1 aliphatic rings. The zero-order valence-corrected chi connectivity index (χ0v) is 12.6. The quantitative estimate of drug-likeness (QED) is 0.812. The zero-order valence-electron chi connectivity index (χ0n) is 11.0. The maximum atomic E-state index is 13.1. The Morgan fingerprint density at radius 1 is 1.53 bits per heavy atom. The molecular weight excluding hydrogens is 313 g/mol. The Morgan fingerprint density at radius 2 is 2.37 bits per heavy atom. The second-order valence-electron chi connectivity index (χ2n) is 4.75. The van der Waals surface area contributed by atoms with Gasteiger partial charge in [0.15, 0.2) is 0 Å². The van der Waals surface area contributed by atoms with Crippen molar-refractivity contribution < 1.29 is 13.9 Å². The van der Waals surface area contributed by atoms with Crippen LogP contribution >= 0.6 is 15.9 Å². The maximum absolute atomic E-state index is 13.1. The molecule has 1 fully saturated rings. The Balaban J connectivity index is 1.68. The molecule has 0 aromatic heterocycles. The van der Waals surface area contributed by atoms with Crippen LogP contribution in [0.1, 0.15) is 19.8 Å². The van der Waals surface area contributed by atoms with Crippen molar-refractivity contribution >= 4 is 15.9 Å². The molecular formula is C14H19BrFNO2. The summed E-state index contributed by atoms with van der Waals surface area (Å²) in [7, 11) is 0. The average Bonchev–Trinajstić information content (AvgIpc) is 2.87. The molecule has 1 heterocycles. The summed E-state index contributed by atoms with van der Waals surface area (Å²) in [6.45, 7) is 4.21. The van der Waals surface area contributed by atoms with Crippen LogP contribution in [0.3, 0.4) is 0 Å². The van der Waals surface area contributed by atoms with Gasteiger partial charge in [0.25, 0.3) is 0 Å². The normalized spacial score (nSPS) is 20.5. The van der Waals surface area contributed by atoms with E-state index in [1.165, 1.54) is 12.1 Å². The molecule has 1 saturated heterocycles. The standard InChI is InChI=1S/C14H19BrFNO2/c1-10(14-3-2-5-19-14)17-4-6-18-13-8-11(15)7-12(16)9-13/h7-10,14,17H,2-6H2,1H3. The lowest BCUT2D eigenvalue weighted by Gasteiger charge is -2.20. The SMILES string of the molecule is CC(NCCOc1cc(F)cc(Br)c1)C1CCCO1. The van der Waals surface area contributed by atoms with Gasteiger partial charge in [0.2, 0.25) is 0 Å². The molecule has 3 nitrogen and oxygen atoms in total. The molecule has 0 bridgehead atoms. The van der Waals surface area contributed by atoms with Gasteiger partial charge in [-0.25, -0.2) is 4.39 Å². The van der Waals surface area contributed by atoms with Crippen LogP contribution in [-0.2, 0) is 4.74 Å². The predicted octanol–water partition coefficient (Wildman–Crippen LogP) is 3.12. The van der Waals surface area contributed by atoms with Gasteiger partial charge in [0.1, 0.15) is 18.2 Å². The summed E-state index contributed by atoms with van der Waals surface area (Å²) in [5.74, 6) is 0.239. The van der Waals surface area contributed by atoms with Gasteiger partial charge in [0, 0.05) is 29.7 Å². The lowest BCUT2D eigenvalue weighted by molar-refractivity contribution is 0.0824. The first-order valence-electron chi connectivity index (χ1n) is 6.59. The van der Waals surface area contributed by atoms with Crippen LogP contribution in [0.4, 0.5) is 4.39 Å². The van der Waals surface area contributed by atoms with E-state index >= 15 is 0 Å². The van der Waals surface area contributed by atoms with Gasteiger partial charge in [-0.1, -0.05) is 15.9 Å². The minimum atomic E-state index is -0.301. The highest BCUT2D eigenvalue weighted by Gasteiger charge is 2.21. The summed E-state index contributed by atoms with van der Waals surface area (Å²) in [5.41, 5.74) is 0. The molecule has 0 amide bonds. The number of hydrogen-bond donors (Lipinski definition) is 1. The van der Waals surface area contributed by atoms with Gasteiger partial charge in [-0.2, -0.15) is 0 Å². The van der Waals surface area contributed by atoms with Crippen molar-refractivity contribution in [2.24, 2.45) is 0 Å². The Kier molecular flexibility index (Phi) is 5.60. The molecule has 2 rings (SSSR count). The van der Waals surface area contributed by atoms with E-state index in [4.69, 9.17) is 9.47 Å². The van der Waals surface area contributed by atoms with Gasteiger partial charge in [-0.15, -0.1) is 0 Å². The van der Waals surface area contributed by atoms with Crippen molar-refractivity contribution in [1.29, 1.82) is 0 Å². The molecule has 1 aromatic carbocycles. The van der Waals surface area contributed by atoms with Crippen molar-refractivity contribution in [2.75, 3.05) is 19.8 Å². The number of nitrogens with one attached hydrogen (secondary N) is 1. The van der Waals surface area contributed by atoms with Gasteiger partial charge >= 0.3 is 0 Å². The van der Waals surface area contributed by atoms with E-state index in [-0.39, 0.29) is 5.82 Å². The molecule has 106 valence electrons. The first-order chi connectivity index (χ1) is 9.15. The topological polar surface area (TPSA) is 30.5 Å². The fourth-order valence-electron chi connectivity index (χ4n) is 2.20. The summed E-state index contributed by atoms with van der Waals surface area (Å²) in [4.78, 5) is 0. The zero-order chi connectivity index (χ0) is 13.7. The maximum Gasteiger partial charge on any atom is 0.128 e. The lowest BCUT2D eigenvalue weighted by atomic mass is 10.1. The first kappa shape index (κ1) is 14.8. The number of rotatable bonds is 6. The summed E-state index contributed by atoms with van der Waals surface area (Å²) >= 11 is 3.24. The molecule has 0 aliphatic carbocycles. The Bertz CT molecular complexity index is 390. The molecule has 0 radical (unpaired) electrons.